The van der Waals surface area contributed by atoms with Crippen LogP contribution in [0.5, 0.6) is 5.75 Å². The molecule has 172 valence electrons. The van der Waals surface area contributed by atoms with E-state index in [0.29, 0.717) is 27.3 Å². The maximum atomic E-state index is 13.0. The second-order valence-electron chi connectivity index (χ2n) is 9.61. The van der Waals surface area contributed by atoms with E-state index in [9.17, 15) is 18.3 Å². The number of hydrogen-bond acceptors (Lipinski definition) is 6. The Balaban J connectivity index is 1.36. The highest BCUT2D eigenvalue weighted by atomic mass is 79.9. The van der Waals surface area contributed by atoms with Crippen molar-refractivity contribution in [2.45, 2.75) is 61.7 Å². The Morgan fingerprint density at radius 3 is 2.75 bits per heavy atom. The van der Waals surface area contributed by atoms with E-state index in [1.807, 2.05) is 6.07 Å². The van der Waals surface area contributed by atoms with Gasteiger partial charge in [-0.1, -0.05) is 13.0 Å². The Labute approximate surface area is 200 Å². The number of halogens is 1. The van der Waals surface area contributed by atoms with Crippen molar-refractivity contribution >= 4 is 43.3 Å². The average molecular weight is 541 g/mol. The number of benzene rings is 1. The number of aromatic hydroxyl groups is 1. The van der Waals surface area contributed by atoms with Gasteiger partial charge in [-0.25, -0.2) is 18.4 Å². The highest BCUT2D eigenvalue weighted by molar-refractivity contribution is 9.11. The van der Waals surface area contributed by atoms with Crippen molar-refractivity contribution in [3.8, 4) is 5.75 Å². The van der Waals surface area contributed by atoms with Crippen molar-refractivity contribution in [3.63, 3.8) is 0 Å². The molecule has 0 bridgehead atoms. The van der Waals surface area contributed by atoms with E-state index in [4.69, 9.17) is 9.88 Å². The van der Waals surface area contributed by atoms with Crippen molar-refractivity contribution in [1.82, 2.24) is 0 Å². The van der Waals surface area contributed by atoms with Crippen LogP contribution >= 0.6 is 27.3 Å². The molecule has 1 aromatic heterocycles. The number of hydrogen-bond donors (Lipinski definition) is 2. The number of carbonyl (C=O) groups excluding carboxylic acids is 1. The normalized spacial score (nSPS) is 31.5. The number of ether oxygens (including phenoxy) is 1. The van der Waals surface area contributed by atoms with E-state index in [-0.39, 0.29) is 21.3 Å². The van der Waals surface area contributed by atoms with Crippen molar-refractivity contribution in [1.29, 1.82) is 0 Å². The van der Waals surface area contributed by atoms with Crippen molar-refractivity contribution in [2.24, 2.45) is 22.4 Å². The number of fused-ring (bicyclic) bond motifs is 5. The lowest BCUT2D eigenvalue weighted by atomic mass is 9.55. The molecule has 6 nitrogen and oxygen atoms in total. The molecule has 3 N–H and O–H groups in total. The lowest BCUT2D eigenvalue weighted by molar-refractivity contribution is -0.0428. The fraction of sp³-hybridized carbons (Fsp3) is 0.522. The first-order chi connectivity index (χ1) is 15.1. The number of primary sulfonamides is 1. The zero-order valence-corrected chi connectivity index (χ0v) is 20.9. The molecule has 5 rings (SSSR count). The highest BCUT2D eigenvalue weighted by Crippen LogP contribution is 2.61. The standard InChI is InChI=1S/C23H26BrNO5S2/c1-23-9-8-15-14-5-3-13(26)10-12(14)2-4-16(15)18(23)6-7-19(23)30-22(27)17-11-20(31-21(17)24)32(25,28)29/h3,5,10-11,15-16,18-19,26H,2,4,6-9H2,1H3,(H2,25,28,29)/t15?,16?,18?,19-,23-/m0/s1. The summed E-state index contributed by atoms with van der Waals surface area (Å²) in [5.41, 5.74) is 2.77. The minimum Gasteiger partial charge on any atom is -0.508 e. The molecule has 1 aromatic carbocycles. The highest BCUT2D eigenvalue weighted by Gasteiger charge is 2.56. The molecule has 2 saturated carbocycles. The fourth-order valence-corrected chi connectivity index (χ4v) is 9.26. The molecule has 3 unspecified atom stereocenters. The van der Waals surface area contributed by atoms with Gasteiger partial charge in [-0.05, 0) is 102 Å². The molecule has 2 aromatic rings. The SMILES string of the molecule is C[C@]12CCC3c4ccc(O)cc4CCC3C1CC[C@@H]2OC(=O)c1cc(S(N)(=O)=O)sc1Br. The number of carbonyl (C=O) groups is 1. The van der Waals surface area contributed by atoms with Gasteiger partial charge in [0, 0.05) is 5.41 Å². The summed E-state index contributed by atoms with van der Waals surface area (Å²) in [5.74, 6) is 1.36. The van der Waals surface area contributed by atoms with Crippen LogP contribution in [0.1, 0.15) is 66.4 Å². The second-order valence-corrected chi connectivity index (χ2v) is 13.8. The number of sulfonamides is 1. The zero-order valence-electron chi connectivity index (χ0n) is 17.7. The van der Waals surface area contributed by atoms with Crippen molar-refractivity contribution < 1.29 is 23.1 Å². The molecule has 0 aliphatic heterocycles. The molecule has 1 heterocycles. The van der Waals surface area contributed by atoms with Gasteiger partial charge in [0.1, 0.15) is 16.1 Å². The van der Waals surface area contributed by atoms with E-state index < -0.39 is 16.0 Å². The number of phenols is 1. The summed E-state index contributed by atoms with van der Waals surface area (Å²) in [5, 5.41) is 15.1. The van der Waals surface area contributed by atoms with Gasteiger partial charge in [0.05, 0.1) is 9.35 Å². The van der Waals surface area contributed by atoms with Gasteiger partial charge >= 0.3 is 5.97 Å². The molecule has 0 spiro atoms. The molecular formula is C23H26BrNO5S2. The first kappa shape index (κ1) is 22.4. The zero-order chi connectivity index (χ0) is 22.8. The number of aryl methyl sites for hydroxylation is 1. The summed E-state index contributed by atoms with van der Waals surface area (Å²) in [6.45, 7) is 2.25. The molecular weight excluding hydrogens is 514 g/mol. The Morgan fingerprint density at radius 1 is 1.25 bits per heavy atom. The molecule has 3 aliphatic rings. The predicted octanol–water partition coefficient (Wildman–Crippen LogP) is 4.95. The van der Waals surface area contributed by atoms with Gasteiger partial charge < -0.3 is 9.84 Å². The molecule has 32 heavy (non-hydrogen) atoms. The van der Waals surface area contributed by atoms with Gasteiger partial charge in [-0.15, -0.1) is 11.3 Å². The van der Waals surface area contributed by atoms with E-state index >= 15 is 0 Å². The smallest absolute Gasteiger partial charge is 0.340 e. The number of thiophene rings is 1. The van der Waals surface area contributed by atoms with Crippen LogP contribution in [0.3, 0.4) is 0 Å². The summed E-state index contributed by atoms with van der Waals surface area (Å²) < 4.78 is 29.7. The van der Waals surface area contributed by atoms with Crippen molar-refractivity contribution in [3.05, 3.63) is 44.7 Å². The topological polar surface area (TPSA) is 107 Å². The molecule has 9 heteroatoms. The second kappa shape index (κ2) is 7.82. The number of nitrogens with two attached hydrogens (primary N) is 1. The van der Waals surface area contributed by atoms with Crippen LogP contribution in [0.4, 0.5) is 0 Å². The Kier molecular flexibility index (Phi) is 5.47. The summed E-state index contributed by atoms with van der Waals surface area (Å²) in [4.78, 5) is 13.0. The quantitative estimate of drug-likeness (QED) is 0.536. The van der Waals surface area contributed by atoms with Gasteiger partial charge in [-0.3, -0.25) is 0 Å². The van der Waals surface area contributed by atoms with Crippen LogP contribution in [-0.2, 0) is 21.2 Å². The van der Waals surface area contributed by atoms with Crippen LogP contribution in [0.25, 0.3) is 0 Å². The maximum absolute atomic E-state index is 13.0. The van der Waals surface area contributed by atoms with Gasteiger partial charge in [0.15, 0.2) is 0 Å². The Morgan fingerprint density at radius 2 is 2.03 bits per heavy atom. The van der Waals surface area contributed by atoms with E-state index in [1.54, 1.807) is 6.07 Å². The molecule has 0 amide bonds. The van der Waals surface area contributed by atoms with Gasteiger partial charge in [0.25, 0.3) is 0 Å². The Hall–Kier alpha value is -1.42. The van der Waals surface area contributed by atoms with Crippen LogP contribution in [0, 0.1) is 17.3 Å². The molecule has 3 aliphatic carbocycles. The lowest BCUT2D eigenvalue weighted by Crippen LogP contribution is -2.45. The molecule has 0 saturated heterocycles. The van der Waals surface area contributed by atoms with E-state index in [1.165, 1.54) is 17.2 Å². The average Bonchev–Trinajstić information content (AvgIpc) is 3.28. The first-order valence-electron chi connectivity index (χ1n) is 10.9. The minimum absolute atomic E-state index is 0.0562. The fourth-order valence-electron chi connectivity index (χ4n) is 6.53. The summed E-state index contributed by atoms with van der Waals surface area (Å²) >= 11 is 4.21. The van der Waals surface area contributed by atoms with Crippen molar-refractivity contribution in [2.75, 3.05) is 0 Å². The number of rotatable bonds is 3. The summed E-state index contributed by atoms with van der Waals surface area (Å²) in [7, 11) is -3.87. The van der Waals surface area contributed by atoms with E-state index in [0.717, 1.165) is 49.9 Å². The third-order valence-electron chi connectivity index (χ3n) is 8.04. The maximum Gasteiger partial charge on any atom is 0.340 e. The van der Waals surface area contributed by atoms with Crippen LogP contribution in [-0.4, -0.2) is 25.6 Å². The Bertz CT molecular complexity index is 1190. The number of phenolic OH excluding ortho intramolecular Hbond substituents is 1. The molecule has 5 atom stereocenters. The van der Waals surface area contributed by atoms with Crippen LogP contribution < -0.4 is 5.14 Å². The first-order valence-corrected chi connectivity index (χ1v) is 14.1. The predicted molar refractivity (Wildman–Crippen MR) is 125 cm³/mol. The number of esters is 1. The largest absolute Gasteiger partial charge is 0.508 e. The van der Waals surface area contributed by atoms with Crippen LogP contribution in [0.15, 0.2) is 32.3 Å². The lowest BCUT2D eigenvalue weighted by Gasteiger charge is -2.50. The minimum atomic E-state index is -3.87. The molecule has 2 fully saturated rings. The summed E-state index contributed by atoms with van der Waals surface area (Å²) in [6, 6.07) is 7.09. The molecule has 0 radical (unpaired) electrons. The monoisotopic (exact) mass is 539 g/mol. The van der Waals surface area contributed by atoms with Gasteiger partial charge in [-0.2, -0.15) is 0 Å². The third kappa shape index (κ3) is 3.61. The van der Waals surface area contributed by atoms with Gasteiger partial charge in [0.2, 0.25) is 10.0 Å². The summed E-state index contributed by atoms with van der Waals surface area (Å²) in [6.07, 6.45) is 5.74. The van der Waals surface area contributed by atoms with Crippen LogP contribution in [0.2, 0.25) is 0 Å². The third-order valence-corrected chi connectivity index (χ3v) is 11.3. The van der Waals surface area contributed by atoms with E-state index in [2.05, 4.69) is 28.9 Å².